The van der Waals surface area contributed by atoms with E-state index < -0.39 is 5.72 Å². The van der Waals surface area contributed by atoms with Crippen LogP contribution in [0.5, 0.6) is 11.5 Å². The second-order valence-corrected chi connectivity index (χ2v) is 7.35. The SMILES string of the molecule is Cc1cc2c(cc1C)C(C)(C)C1(C=Nc3cc(O)ccc3O1)N2C. The molecule has 1 spiro atoms. The molecule has 1 N–H and O–H groups in total. The van der Waals surface area contributed by atoms with Gasteiger partial charge in [0, 0.05) is 18.8 Å². The maximum absolute atomic E-state index is 9.66. The van der Waals surface area contributed by atoms with Crippen LogP contribution in [0.3, 0.4) is 0 Å². The largest absolute Gasteiger partial charge is 0.508 e. The van der Waals surface area contributed by atoms with Crippen molar-refractivity contribution in [1.82, 2.24) is 0 Å². The number of anilines is 1. The highest BCUT2D eigenvalue weighted by Crippen LogP contribution is 2.54. The van der Waals surface area contributed by atoms with Crippen molar-refractivity contribution >= 4 is 17.6 Å². The number of fused-ring (bicyclic) bond motifs is 2. The Balaban J connectivity index is 1.90. The fourth-order valence-electron chi connectivity index (χ4n) is 3.86. The number of phenols is 1. The molecule has 0 saturated heterocycles. The molecule has 0 radical (unpaired) electrons. The third kappa shape index (κ3) is 1.71. The second-order valence-electron chi connectivity index (χ2n) is 7.35. The Morgan fingerprint density at radius 3 is 2.54 bits per heavy atom. The van der Waals surface area contributed by atoms with Gasteiger partial charge < -0.3 is 14.7 Å². The molecule has 4 nitrogen and oxygen atoms in total. The molecule has 1 unspecified atom stereocenters. The summed E-state index contributed by atoms with van der Waals surface area (Å²) in [5.74, 6) is 0.885. The number of rotatable bonds is 0. The first-order chi connectivity index (χ1) is 11.3. The lowest BCUT2D eigenvalue weighted by molar-refractivity contribution is 0.0824. The predicted molar refractivity (Wildman–Crippen MR) is 97.0 cm³/mol. The second kappa shape index (κ2) is 4.53. The third-order valence-electron chi connectivity index (χ3n) is 5.63. The van der Waals surface area contributed by atoms with E-state index in [2.05, 4.69) is 56.8 Å². The van der Waals surface area contributed by atoms with Crippen LogP contribution < -0.4 is 9.64 Å². The average Bonchev–Trinajstić information content (AvgIpc) is 2.68. The Labute approximate surface area is 142 Å². The minimum Gasteiger partial charge on any atom is -0.508 e. The summed E-state index contributed by atoms with van der Waals surface area (Å²) in [5, 5.41) is 9.66. The summed E-state index contributed by atoms with van der Waals surface area (Å²) in [6.45, 7) is 8.67. The first-order valence-electron chi connectivity index (χ1n) is 8.19. The number of benzene rings is 2. The lowest BCUT2D eigenvalue weighted by Crippen LogP contribution is -2.61. The minimum absolute atomic E-state index is 0.194. The van der Waals surface area contributed by atoms with Crippen molar-refractivity contribution in [2.24, 2.45) is 4.99 Å². The van der Waals surface area contributed by atoms with Crippen molar-refractivity contribution in [2.45, 2.75) is 38.8 Å². The number of phenolic OH excluding ortho intramolecular Hbond substituents is 1. The van der Waals surface area contributed by atoms with Gasteiger partial charge in [0.1, 0.15) is 17.2 Å². The van der Waals surface area contributed by atoms with Crippen molar-refractivity contribution in [3.8, 4) is 11.5 Å². The van der Waals surface area contributed by atoms with E-state index in [0.29, 0.717) is 11.4 Å². The lowest BCUT2D eigenvalue weighted by atomic mass is 9.77. The Morgan fingerprint density at radius 1 is 1.08 bits per heavy atom. The molecule has 0 saturated carbocycles. The van der Waals surface area contributed by atoms with Gasteiger partial charge >= 0.3 is 0 Å². The van der Waals surface area contributed by atoms with Crippen LogP contribution in [0, 0.1) is 13.8 Å². The highest BCUT2D eigenvalue weighted by Gasteiger charge is 2.58. The van der Waals surface area contributed by atoms with E-state index in [9.17, 15) is 5.11 Å². The molecule has 2 aliphatic rings. The number of hydrogen-bond donors (Lipinski definition) is 1. The summed E-state index contributed by atoms with van der Waals surface area (Å²) in [6, 6.07) is 9.54. The number of likely N-dealkylation sites (N-methyl/N-ethyl adjacent to an activating group) is 1. The molecule has 2 aromatic rings. The van der Waals surface area contributed by atoms with Crippen LogP contribution in [0.2, 0.25) is 0 Å². The number of aryl methyl sites for hydroxylation is 2. The summed E-state index contributed by atoms with van der Waals surface area (Å²) in [4.78, 5) is 6.79. The smallest absolute Gasteiger partial charge is 0.228 e. The molecule has 2 aliphatic heterocycles. The van der Waals surface area contributed by atoms with E-state index in [1.165, 1.54) is 22.4 Å². The molecule has 4 heteroatoms. The minimum atomic E-state index is -0.681. The summed E-state index contributed by atoms with van der Waals surface area (Å²) >= 11 is 0. The third-order valence-corrected chi connectivity index (χ3v) is 5.63. The van der Waals surface area contributed by atoms with Gasteiger partial charge in [0.2, 0.25) is 5.72 Å². The fourth-order valence-corrected chi connectivity index (χ4v) is 3.86. The molecular formula is C20H22N2O2. The molecular weight excluding hydrogens is 300 g/mol. The zero-order valence-corrected chi connectivity index (χ0v) is 14.7. The Bertz CT molecular complexity index is 885. The van der Waals surface area contributed by atoms with Gasteiger partial charge in [-0.25, -0.2) is 0 Å². The van der Waals surface area contributed by atoms with Crippen molar-refractivity contribution in [3.05, 3.63) is 47.0 Å². The van der Waals surface area contributed by atoms with E-state index in [-0.39, 0.29) is 11.2 Å². The van der Waals surface area contributed by atoms with Gasteiger partial charge in [-0.3, -0.25) is 4.99 Å². The van der Waals surface area contributed by atoms with E-state index >= 15 is 0 Å². The van der Waals surface area contributed by atoms with Crippen molar-refractivity contribution in [2.75, 3.05) is 11.9 Å². The number of hydrogen-bond acceptors (Lipinski definition) is 4. The number of aliphatic imine (C=N–C) groups is 1. The van der Waals surface area contributed by atoms with Gasteiger partial charge in [-0.15, -0.1) is 0 Å². The van der Waals surface area contributed by atoms with E-state index in [1.54, 1.807) is 18.2 Å². The maximum atomic E-state index is 9.66. The standard InChI is InChI=1S/C20H22N2O2/c1-12-8-15-17(9-13(12)2)22(5)20(19(15,3)4)11-21-16-10-14(23)6-7-18(16)24-20/h6-11,23H,1-5H3. The molecule has 1 atom stereocenters. The zero-order chi connectivity index (χ0) is 17.3. The van der Waals surface area contributed by atoms with Crippen LogP contribution in [0.15, 0.2) is 35.3 Å². The quantitative estimate of drug-likeness (QED) is 0.789. The first-order valence-corrected chi connectivity index (χ1v) is 8.19. The van der Waals surface area contributed by atoms with Crippen molar-refractivity contribution in [1.29, 1.82) is 0 Å². The molecule has 2 aromatic carbocycles. The van der Waals surface area contributed by atoms with Gasteiger partial charge in [0.05, 0.1) is 11.6 Å². The molecule has 4 rings (SSSR count). The van der Waals surface area contributed by atoms with Gasteiger partial charge in [-0.2, -0.15) is 0 Å². The zero-order valence-electron chi connectivity index (χ0n) is 14.7. The average molecular weight is 322 g/mol. The van der Waals surface area contributed by atoms with Crippen LogP contribution in [-0.2, 0) is 5.41 Å². The van der Waals surface area contributed by atoms with E-state index in [1.807, 2.05) is 6.21 Å². The summed E-state index contributed by atoms with van der Waals surface area (Å²) in [6.07, 6.45) is 1.87. The van der Waals surface area contributed by atoms with Crippen LogP contribution in [0.1, 0.15) is 30.5 Å². The van der Waals surface area contributed by atoms with Gasteiger partial charge in [-0.1, -0.05) is 6.07 Å². The molecule has 124 valence electrons. The molecule has 24 heavy (non-hydrogen) atoms. The Hall–Kier alpha value is -2.49. The number of nitrogens with zero attached hydrogens (tertiary/aromatic N) is 2. The predicted octanol–water partition coefficient (Wildman–Crippen LogP) is 4.23. The van der Waals surface area contributed by atoms with Gasteiger partial charge in [0.15, 0.2) is 0 Å². The molecule has 0 aliphatic carbocycles. The molecule has 0 bridgehead atoms. The Morgan fingerprint density at radius 2 is 1.79 bits per heavy atom. The summed E-state index contributed by atoms with van der Waals surface area (Å²) in [5.41, 5.74) is 4.71. The molecule has 0 amide bonds. The number of aromatic hydroxyl groups is 1. The van der Waals surface area contributed by atoms with Gasteiger partial charge in [-0.05, 0) is 62.6 Å². The monoisotopic (exact) mass is 322 g/mol. The molecule has 2 heterocycles. The Kier molecular flexibility index (Phi) is 2.84. The normalized spacial score (nSPS) is 23.1. The van der Waals surface area contributed by atoms with Crippen molar-refractivity contribution in [3.63, 3.8) is 0 Å². The lowest BCUT2D eigenvalue weighted by Gasteiger charge is -2.44. The van der Waals surface area contributed by atoms with Crippen LogP contribution in [-0.4, -0.2) is 24.1 Å². The van der Waals surface area contributed by atoms with Gasteiger partial charge in [0.25, 0.3) is 0 Å². The topological polar surface area (TPSA) is 45.1 Å². The van der Waals surface area contributed by atoms with Crippen LogP contribution >= 0.6 is 0 Å². The highest BCUT2D eigenvalue weighted by molar-refractivity contribution is 5.88. The maximum Gasteiger partial charge on any atom is 0.228 e. The summed E-state index contributed by atoms with van der Waals surface area (Å²) in [7, 11) is 2.06. The van der Waals surface area contributed by atoms with Crippen LogP contribution in [0.4, 0.5) is 11.4 Å². The first kappa shape index (κ1) is 15.1. The molecule has 0 fully saturated rings. The molecule has 0 aromatic heterocycles. The van der Waals surface area contributed by atoms with E-state index in [0.717, 1.165) is 0 Å². The highest BCUT2D eigenvalue weighted by atomic mass is 16.5. The number of ether oxygens (including phenoxy) is 1. The van der Waals surface area contributed by atoms with Crippen LogP contribution in [0.25, 0.3) is 0 Å². The fraction of sp³-hybridized carbons (Fsp3) is 0.350. The van der Waals surface area contributed by atoms with E-state index in [4.69, 9.17) is 4.74 Å². The van der Waals surface area contributed by atoms with Crippen molar-refractivity contribution < 1.29 is 9.84 Å². The summed E-state index contributed by atoms with van der Waals surface area (Å²) < 4.78 is 6.49.